The second kappa shape index (κ2) is 8.35. The number of Topliss-reactive ketones (excluding diaryl/α,β-unsaturated/α-hetero) is 1. The van der Waals surface area contributed by atoms with Gasteiger partial charge in [-0.15, -0.1) is 0 Å². The number of nitrogens with one attached hydrogen (secondary N) is 2. The van der Waals surface area contributed by atoms with Crippen LogP contribution in [0.15, 0.2) is 30.3 Å². The van der Waals surface area contributed by atoms with Gasteiger partial charge in [-0.05, 0) is 12.1 Å². The normalized spacial score (nSPS) is 11.2. The monoisotopic (exact) mass is 339 g/mol. The number of ketones is 1. The van der Waals surface area contributed by atoms with Crippen LogP contribution in [0.1, 0.15) is 25.1 Å². The van der Waals surface area contributed by atoms with Crippen molar-refractivity contribution >= 4 is 29.3 Å². The van der Waals surface area contributed by atoms with Crippen molar-refractivity contribution in [1.29, 1.82) is 5.26 Å². The summed E-state index contributed by atoms with van der Waals surface area (Å²) in [5, 5.41) is 14.8. The zero-order chi connectivity index (χ0) is 18.2. The SMILES string of the molecule is CC(=O)NCCC(=O)[C@@H](C#N)c1nc(N)nc(Nc2ccccc2)n1. The molecule has 1 amide bonds. The molecule has 2 rings (SSSR count). The van der Waals surface area contributed by atoms with Crippen LogP contribution in [0.5, 0.6) is 0 Å². The number of nitrogens with two attached hydrogens (primary N) is 1. The third kappa shape index (κ3) is 5.24. The summed E-state index contributed by atoms with van der Waals surface area (Å²) in [5.41, 5.74) is 6.39. The molecule has 0 fully saturated rings. The number of para-hydroxylation sites is 1. The van der Waals surface area contributed by atoms with E-state index in [1.165, 1.54) is 6.92 Å². The number of anilines is 3. The van der Waals surface area contributed by atoms with E-state index in [1.54, 1.807) is 12.1 Å². The Morgan fingerprint density at radius 2 is 1.96 bits per heavy atom. The molecule has 0 spiro atoms. The fourth-order valence-corrected chi connectivity index (χ4v) is 2.02. The Morgan fingerprint density at radius 1 is 1.24 bits per heavy atom. The first kappa shape index (κ1) is 17.8. The third-order valence-electron chi connectivity index (χ3n) is 3.15. The molecule has 0 radical (unpaired) electrons. The van der Waals surface area contributed by atoms with Crippen molar-refractivity contribution in [3.63, 3.8) is 0 Å². The Balaban J connectivity index is 2.17. The highest BCUT2D eigenvalue weighted by Crippen LogP contribution is 2.18. The van der Waals surface area contributed by atoms with Gasteiger partial charge in [0.15, 0.2) is 17.5 Å². The predicted octanol–water partition coefficient (Wildman–Crippen LogP) is 0.900. The van der Waals surface area contributed by atoms with E-state index < -0.39 is 11.7 Å². The number of amides is 1. The molecule has 1 aromatic carbocycles. The summed E-state index contributed by atoms with van der Waals surface area (Å²) in [6.45, 7) is 1.49. The third-order valence-corrected chi connectivity index (χ3v) is 3.15. The number of benzene rings is 1. The van der Waals surface area contributed by atoms with Crippen molar-refractivity contribution in [3.05, 3.63) is 36.2 Å². The molecule has 0 bridgehead atoms. The molecule has 25 heavy (non-hydrogen) atoms. The minimum Gasteiger partial charge on any atom is -0.368 e. The van der Waals surface area contributed by atoms with Gasteiger partial charge in [-0.1, -0.05) is 18.2 Å². The second-order valence-electron chi connectivity index (χ2n) is 5.13. The zero-order valence-corrected chi connectivity index (χ0v) is 13.6. The number of nitriles is 1. The fraction of sp³-hybridized carbons (Fsp3) is 0.250. The number of rotatable bonds is 7. The lowest BCUT2D eigenvalue weighted by Gasteiger charge is -2.10. The Morgan fingerprint density at radius 3 is 2.60 bits per heavy atom. The molecule has 9 heteroatoms. The van der Waals surface area contributed by atoms with Crippen molar-refractivity contribution < 1.29 is 9.59 Å². The first-order valence-electron chi connectivity index (χ1n) is 7.50. The summed E-state index contributed by atoms with van der Waals surface area (Å²) in [6.07, 6.45) is -0.00909. The molecule has 2 aromatic rings. The van der Waals surface area contributed by atoms with Gasteiger partial charge in [0, 0.05) is 25.6 Å². The minimum atomic E-state index is -1.18. The molecule has 128 valence electrons. The van der Waals surface area contributed by atoms with Crippen molar-refractivity contribution in [2.45, 2.75) is 19.3 Å². The molecule has 0 saturated carbocycles. The smallest absolute Gasteiger partial charge is 0.232 e. The lowest BCUT2D eigenvalue weighted by molar-refractivity contribution is -0.120. The van der Waals surface area contributed by atoms with Gasteiger partial charge >= 0.3 is 0 Å². The summed E-state index contributed by atoms with van der Waals surface area (Å²) in [5.74, 6) is -1.83. The maximum absolute atomic E-state index is 12.2. The number of aromatic nitrogens is 3. The molecule has 1 heterocycles. The van der Waals surface area contributed by atoms with Crippen LogP contribution in [0, 0.1) is 11.3 Å². The van der Waals surface area contributed by atoms with Gasteiger partial charge in [-0.25, -0.2) is 0 Å². The van der Waals surface area contributed by atoms with Crippen LogP contribution in [-0.2, 0) is 9.59 Å². The van der Waals surface area contributed by atoms with Gasteiger partial charge in [0.1, 0.15) is 0 Å². The quantitative estimate of drug-likeness (QED) is 0.674. The van der Waals surface area contributed by atoms with Crippen LogP contribution in [-0.4, -0.2) is 33.2 Å². The highest BCUT2D eigenvalue weighted by molar-refractivity contribution is 5.88. The number of nitrogen functional groups attached to an aromatic ring is 1. The Kier molecular flexibility index (Phi) is 5.95. The van der Waals surface area contributed by atoms with Crippen molar-refractivity contribution in [1.82, 2.24) is 20.3 Å². The average Bonchev–Trinajstić information content (AvgIpc) is 2.55. The van der Waals surface area contributed by atoms with Crippen LogP contribution < -0.4 is 16.4 Å². The van der Waals surface area contributed by atoms with Crippen LogP contribution in [0.2, 0.25) is 0 Å². The van der Waals surface area contributed by atoms with Gasteiger partial charge in [0.25, 0.3) is 0 Å². The molecule has 0 aliphatic heterocycles. The first-order valence-corrected chi connectivity index (χ1v) is 7.50. The largest absolute Gasteiger partial charge is 0.368 e. The highest BCUT2D eigenvalue weighted by Gasteiger charge is 2.24. The summed E-state index contributed by atoms with van der Waals surface area (Å²) in [6, 6.07) is 11.0. The Bertz CT molecular complexity index is 802. The van der Waals surface area contributed by atoms with Crippen molar-refractivity contribution in [2.24, 2.45) is 0 Å². The van der Waals surface area contributed by atoms with Crippen LogP contribution >= 0.6 is 0 Å². The van der Waals surface area contributed by atoms with E-state index in [0.29, 0.717) is 0 Å². The first-order chi connectivity index (χ1) is 12.0. The molecule has 0 aliphatic rings. The number of carbonyl (C=O) groups is 2. The van der Waals surface area contributed by atoms with E-state index >= 15 is 0 Å². The molecule has 9 nitrogen and oxygen atoms in total. The Labute approximate surface area is 144 Å². The van der Waals surface area contributed by atoms with Crippen LogP contribution in [0.4, 0.5) is 17.6 Å². The average molecular weight is 339 g/mol. The summed E-state index contributed by atoms with van der Waals surface area (Å²) in [7, 11) is 0. The van der Waals surface area contributed by atoms with Gasteiger partial charge < -0.3 is 16.4 Å². The van der Waals surface area contributed by atoms with Gasteiger partial charge in [-0.3, -0.25) is 9.59 Å². The van der Waals surface area contributed by atoms with E-state index in [9.17, 15) is 14.9 Å². The number of hydrogen-bond acceptors (Lipinski definition) is 8. The van der Waals surface area contributed by atoms with Gasteiger partial charge in [0.2, 0.25) is 17.8 Å². The minimum absolute atomic E-state index is 0.00909. The number of hydrogen-bond donors (Lipinski definition) is 3. The van der Waals surface area contributed by atoms with E-state index in [0.717, 1.165) is 5.69 Å². The van der Waals surface area contributed by atoms with Gasteiger partial charge in [-0.2, -0.15) is 20.2 Å². The molecular weight excluding hydrogens is 322 g/mol. The lowest BCUT2D eigenvalue weighted by Crippen LogP contribution is -2.25. The Hall–Kier alpha value is -3.54. The van der Waals surface area contributed by atoms with E-state index in [1.807, 2.05) is 24.3 Å². The topological polar surface area (TPSA) is 147 Å². The lowest BCUT2D eigenvalue weighted by atomic mass is 10.0. The summed E-state index contributed by atoms with van der Waals surface area (Å²) >= 11 is 0. The van der Waals surface area contributed by atoms with Crippen molar-refractivity contribution in [2.75, 3.05) is 17.6 Å². The van der Waals surface area contributed by atoms with E-state index in [2.05, 4.69) is 25.6 Å². The predicted molar refractivity (Wildman–Crippen MR) is 90.6 cm³/mol. The van der Waals surface area contributed by atoms with Crippen LogP contribution in [0.3, 0.4) is 0 Å². The summed E-state index contributed by atoms with van der Waals surface area (Å²) < 4.78 is 0. The van der Waals surface area contributed by atoms with E-state index in [-0.39, 0.29) is 36.6 Å². The summed E-state index contributed by atoms with van der Waals surface area (Å²) in [4.78, 5) is 35.0. The number of carbonyl (C=O) groups excluding carboxylic acids is 2. The van der Waals surface area contributed by atoms with Gasteiger partial charge in [0.05, 0.1) is 6.07 Å². The van der Waals surface area contributed by atoms with Crippen LogP contribution in [0.25, 0.3) is 0 Å². The highest BCUT2D eigenvalue weighted by atomic mass is 16.1. The molecule has 1 aromatic heterocycles. The zero-order valence-electron chi connectivity index (χ0n) is 13.6. The second-order valence-corrected chi connectivity index (χ2v) is 5.13. The van der Waals surface area contributed by atoms with Crippen molar-refractivity contribution in [3.8, 4) is 6.07 Å². The maximum atomic E-state index is 12.2. The molecule has 0 saturated heterocycles. The fourth-order valence-electron chi connectivity index (χ4n) is 2.02. The van der Waals surface area contributed by atoms with E-state index in [4.69, 9.17) is 5.73 Å². The standard InChI is InChI=1S/C16H17N7O2/c1-10(24)19-8-7-13(25)12(9-17)14-21-15(18)23-16(22-14)20-11-5-3-2-4-6-11/h2-6,12H,7-8H2,1H3,(H,19,24)(H3,18,20,21,22,23)/t12-/m1/s1. The molecule has 0 aliphatic carbocycles. The molecule has 1 atom stereocenters. The molecule has 4 N–H and O–H groups in total. The molecular formula is C16H17N7O2. The molecule has 0 unspecified atom stereocenters. The number of nitrogens with zero attached hydrogens (tertiary/aromatic N) is 4. The maximum Gasteiger partial charge on any atom is 0.232 e.